The van der Waals surface area contributed by atoms with Crippen LogP contribution in [-0.4, -0.2) is 16.4 Å². The quantitative estimate of drug-likeness (QED) is 0.711. The van der Waals surface area contributed by atoms with Gasteiger partial charge in [-0.1, -0.05) is 0 Å². The monoisotopic (exact) mass is 183 g/mol. The number of halogens is 1. The van der Waals surface area contributed by atoms with E-state index in [2.05, 4.69) is 4.98 Å². The first-order valence-corrected chi connectivity index (χ1v) is 3.83. The molecule has 1 heterocycles. The molecule has 4 heteroatoms. The van der Waals surface area contributed by atoms with E-state index >= 15 is 0 Å². The summed E-state index contributed by atoms with van der Waals surface area (Å²) >= 11 is 0. The smallest absolute Gasteiger partial charge is 0.141 e. The molecule has 1 aromatic rings. The number of hydrogen-bond acceptors (Lipinski definition) is 3. The second-order valence-electron chi connectivity index (χ2n) is 3.04. The van der Waals surface area contributed by atoms with Crippen molar-refractivity contribution in [1.82, 2.24) is 4.98 Å². The number of rotatable bonds is 3. The van der Waals surface area contributed by atoms with Gasteiger partial charge in [0.25, 0.3) is 0 Å². The van der Waals surface area contributed by atoms with Crippen LogP contribution < -0.4 is 0 Å². The minimum atomic E-state index is -1.34. The second-order valence-corrected chi connectivity index (χ2v) is 3.04. The molecule has 0 amide bonds. The highest BCUT2D eigenvalue weighted by atomic mass is 19.1. The molecule has 1 N–H and O–H groups in total. The maximum Gasteiger partial charge on any atom is 0.141 e. The minimum absolute atomic E-state index is 0.0713. The first-order valence-electron chi connectivity index (χ1n) is 3.83. The Morgan fingerprint density at radius 1 is 1.69 bits per heavy atom. The van der Waals surface area contributed by atoms with Crippen molar-refractivity contribution < 1.29 is 14.3 Å². The van der Waals surface area contributed by atoms with E-state index < -0.39 is 11.4 Å². The number of aromatic nitrogens is 1. The van der Waals surface area contributed by atoms with Gasteiger partial charge in [-0.25, -0.2) is 4.39 Å². The Hall–Kier alpha value is -1.29. The third-order valence-electron chi connectivity index (χ3n) is 1.81. The zero-order chi connectivity index (χ0) is 9.90. The number of aldehydes is 1. The van der Waals surface area contributed by atoms with Crippen molar-refractivity contribution in [3.05, 3.63) is 29.8 Å². The third-order valence-corrected chi connectivity index (χ3v) is 1.81. The van der Waals surface area contributed by atoms with E-state index in [9.17, 15) is 14.3 Å². The summed E-state index contributed by atoms with van der Waals surface area (Å²) in [5.74, 6) is -0.524. The molecule has 0 spiro atoms. The molecular formula is C9H10FNO2. The van der Waals surface area contributed by atoms with Gasteiger partial charge in [-0.05, 0) is 13.0 Å². The Labute approximate surface area is 75.2 Å². The van der Waals surface area contributed by atoms with Crippen LogP contribution >= 0.6 is 0 Å². The molecule has 1 unspecified atom stereocenters. The van der Waals surface area contributed by atoms with Crippen molar-refractivity contribution >= 4 is 6.29 Å². The van der Waals surface area contributed by atoms with Gasteiger partial charge in [-0.15, -0.1) is 0 Å². The van der Waals surface area contributed by atoms with Crippen molar-refractivity contribution in [2.45, 2.75) is 18.9 Å². The van der Waals surface area contributed by atoms with Crippen molar-refractivity contribution in [2.75, 3.05) is 0 Å². The highest BCUT2D eigenvalue weighted by Gasteiger charge is 2.23. The number of pyridine rings is 1. The SMILES string of the molecule is CC(O)(CC=O)c1cncc(F)c1. The zero-order valence-corrected chi connectivity index (χ0v) is 7.20. The van der Waals surface area contributed by atoms with E-state index in [0.29, 0.717) is 11.8 Å². The van der Waals surface area contributed by atoms with Gasteiger partial charge in [0.15, 0.2) is 0 Å². The number of aliphatic hydroxyl groups is 1. The lowest BCUT2D eigenvalue weighted by Gasteiger charge is -2.20. The van der Waals surface area contributed by atoms with E-state index in [1.165, 1.54) is 13.1 Å². The van der Waals surface area contributed by atoms with Crippen LogP contribution in [0.3, 0.4) is 0 Å². The highest BCUT2D eigenvalue weighted by molar-refractivity contribution is 5.52. The number of carbonyl (C=O) groups is 1. The Balaban J connectivity index is 2.99. The Bertz CT molecular complexity index is 312. The molecular weight excluding hydrogens is 173 g/mol. The van der Waals surface area contributed by atoms with Crippen LogP contribution in [0, 0.1) is 5.82 Å². The summed E-state index contributed by atoms with van der Waals surface area (Å²) in [5.41, 5.74) is -1.03. The predicted octanol–water partition coefficient (Wildman–Crippen LogP) is 1.02. The molecule has 3 nitrogen and oxygen atoms in total. The van der Waals surface area contributed by atoms with Crippen LogP contribution in [0.2, 0.25) is 0 Å². The first-order chi connectivity index (χ1) is 6.06. The van der Waals surface area contributed by atoms with E-state index in [0.717, 1.165) is 12.3 Å². The number of nitrogens with zero attached hydrogens (tertiary/aromatic N) is 1. The standard InChI is InChI=1S/C9H10FNO2/c1-9(13,2-3-12)7-4-8(10)6-11-5-7/h3-6,13H,2H2,1H3. The minimum Gasteiger partial charge on any atom is -0.385 e. The first kappa shape index (κ1) is 9.80. The molecule has 0 fully saturated rings. The largest absolute Gasteiger partial charge is 0.385 e. The van der Waals surface area contributed by atoms with E-state index in [1.54, 1.807) is 0 Å². The van der Waals surface area contributed by atoms with Gasteiger partial charge in [0.1, 0.15) is 12.1 Å². The van der Waals surface area contributed by atoms with Gasteiger partial charge in [0.05, 0.1) is 11.8 Å². The number of hydrogen-bond donors (Lipinski definition) is 1. The average molecular weight is 183 g/mol. The number of carbonyl (C=O) groups excluding carboxylic acids is 1. The van der Waals surface area contributed by atoms with Crippen molar-refractivity contribution in [1.29, 1.82) is 0 Å². The van der Waals surface area contributed by atoms with Gasteiger partial charge in [0, 0.05) is 18.2 Å². The maximum atomic E-state index is 12.7. The van der Waals surface area contributed by atoms with Gasteiger partial charge >= 0.3 is 0 Å². The Kier molecular flexibility index (Phi) is 2.72. The summed E-state index contributed by atoms with van der Waals surface area (Å²) in [4.78, 5) is 13.8. The molecule has 1 aromatic heterocycles. The highest BCUT2D eigenvalue weighted by Crippen LogP contribution is 2.22. The summed E-state index contributed by atoms with van der Waals surface area (Å²) in [6.07, 6.45) is 2.90. The fourth-order valence-electron chi connectivity index (χ4n) is 0.987. The van der Waals surface area contributed by atoms with Crippen molar-refractivity contribution in [3.63, 3.8) is 0 Å². The molecule has 0 aliphatic rings. The predicted molar refractivity (Wildman–Crippen MR) is 44.4 cm³/mol. The summed E-state index contributed by atoms with van der Waals surface area (Å²) in [5, 5.41) is 9.67. The summed E-state index contributed by atoms with van der Waals surface area (Å²) in [7, 11) is 0. The normalized spacial score (nSPS) is 15.0. The van der Waals surface area contributed by atoms with Gasteiger partial charge in [-0.3, -0.25) is 4.98 Å². The maximum absolute atomic E-state index is 12.7. The average Bonchev–Trinajstić information content (AvgIpc) is 2.04. The van der Waals surface area contributed by atoms with Gasteiger partial charge < -0.3 is 9.90 Å². The van der Waals surface area contributed by atoms with E-state index in [4.69, 9.17) is 0 Å². The lowest BCUT2D eigenvalue weighted by molar-refractivity contribution is -0.112. The van der Waals surface area contributed by atoms with Crippen LogP contribution in [-0.2, 0) is 10.4 Å². The van der Waals surface area contributed by atoms with Gasteiger partial charge in [0.2, 0.25) is 0 Å². The second kappa shape index (κ2) is 3.62. The molecule has 0 saturated carbocycles. The molecule has 0 aromatic carbocycles. The van der Waals surface area contributed by atoms with Gasteiger partial charge in [-0.2, -0.15) is 0 Å². The van der Waals surface area contributed by atoms with Crippen molar-refractivity contribution in [2.24, 2.45) is 0 Å². The van der Waals surface area contributed by atoms with E-state index in [-0.39, 0.29) is 6.42 Å². The van der Waals surface area contributed by atoms with Crippen molar-refractivity contribution in [3.8, 4) is 0 Å². The third kappa shape index (κ3) is 2.32. The van der Waals surface area contributed by atoms with Crippen LogP contribution in [0.1, 0.15) is 18.9 Å². The Morgan fingerprint density at radius 2 is 2.38 bits per heavy atom. The lowest BCUT2D eigenvalue weighted by atomic mass is 9.95. The molecule has 0 bridgehead atoms. The molecule has 0 aliphatic heterocycles. The van der Waals surface area contributed by atoms with Crippen LogP contribution in [0.25, 0.3) is 0 Å². The van der Waals surface area contributed by atoms with Crippen LogP contribution in [0.4, 0.5) is 4.39 Å². The van der Waals surface area contributed by atoms with Crippen LogP contribution in [0.15, 0.2) is 18.5 Å². The molecule has 0 aliphatic carbocycles. The summed E-state index contributed by atoms with van der Waals surface area (Å²) in [6.45, 7) is 1.44. The summed E-state index contributed by atoms with van der Waals surface area (Å²) in [6, 6.07) is 1.16. The fourth-order valence-corrected chi connectivity index (χ4v) is 0.987. The molecule has 0 saturated heterocycles. The topological polar surface area (TPSA) is 50.2 Å². The zero-order valence-electron chi connectivity index (χ0n) is 7.20. The summed E-state index contributed by atoms with van der Waals surface area (Å²) < 4.78 is 12.7. The molecule has 13 heavy (non-hydrogen) atoms. The molecule has 0 radical (unpaired) electrons. The lowest BCUT2D eigenvalue weighted by Crippen LogP contribution is -2.21. The molecule has 1 rings (SSSR count). The van der Waals surface area contributed by atoms with Crippen LogP contribution in [0.5, 0.6) is 0 Å². The Morgan fingerprint density at radius 3 is 2.92 bits per heavy atom. The fraction of sp³-hybridized carbons (Fsp3) is 0.333. The van der Waals surface area contributed by atoms with E-state index in [1.807, 2.05) is 0 Å². The molecule has 1 atom stereocenters. The molecule has 70 valence electrons.